The van der Waals surface area contributed by atoms with E-state index in [1.54, 1.807) is 11.3 Å². The van der Waals surface area contributed by atoms with E-state index in [0.29, 0.717) is 0 Å². The van der Waals surface area contributed by atoms with Crippen molar-refractivity contribution in [1.29, 1.82) is 0 Å². The first-order valence-corrected chi connectivity index (χ1v) is 9.00. The minimum Gasteiger partial charge on any atom is -0.376 e. The fraction of sp³-hybridized carbons (Fsp3) is 0.562. The summed E-state index contributed by atoms with van der Waals surface area (Å²) in [6, 6.07) is 0. The van der Waals surface area contributed by atoms with Gasteiger partial charge in [-0.1, -0.05) is 6.92 Å². The Kier molecular flexibility index (Phi) is 3.69. The lowest BCUT2D eigenvalue weighted by Gasteiger charge is -2.12. The van der Waals surface area contributed by atoms with Gasteiger partial charge in [-0.25, -0.2) is 9.97 Å². The van der Waals surface area contributed by atoms with Crippen molar-refractivity contribution >= 4 is 33.1 Å². The van der Waals surface area contributed by atoms with Gasteiger partial charge in [0.1, 0.15) is 10.7 Å². The average Bonchev–Trinajstić information content (AvgIpc) is 3.23. The van der Waals surface area contributed by atoms with Crippen LogP contribution in [0.3, 0.4) is 0 Å². The maximum Gasteiger partial charge on any atom is 0.227 e. The molecule has 1 aliphatic rings. The Bertz CT molecular complexity index is 862. The molecule has 1 N–H and O–H groups in total. The van der Waals surface area contributed by atoms with Gasteiger partial charge in [0, 0.05) is 18.0 Å². The number of aryl methyl sites for hydroxylation is 3. The smallest absolute Gasteiger partial charge is 0.227 e. The molecule has 7 heteroatoms. The molecule has 1 saturated heterocycles. The normalized spacial score (nSPS) is 18.3. The molecule has 0 amide bonds. The number of hydrogen-bond acceptors (Lipinski definition) is 6. The topological polar surface area (TPSA) is 64.3 Å². The second-order valence-corrected chi connectivity index (χ2v) is 7.11. The quantitative estimate of drug-likeness (QED) is 0.796. The molecule has 0 radical (unpaired) electrons. The van der Waals surface area contributed by atoms with E-state index in [0.717, 1.165) is 60.1 Å². The Morgan fingerprint density at radius 2 is 2.22 bits per heavy atom. The predicted molar refractivity (Wildman–Crippen MR) is 92.5 cm³/mol. The molecule has 1 fully saturated rings. The van der Waals surface area contributed by atoms with E-state index in [-0.39, 0.29) is 6.10 Å². The van der Waals surface area contributed by atoms with Gasteiger partial charge in [-0.2, -0.15) is 4.52 Å². The summed E-state index contributed by atoms with van der Waals surface area (Å²) in [6.07, 6.45) is 3.53. The molecule has 0 aliphatic carbocycles. The van der Waals surface area contributed by atoms with Crippen LogP contribution in [0.5, 0.6) is 0 Å². The van der Waals surface area contributed by atoms with Crippen molar-refractivity contribution in [1.82, 2.24) is 19.6 Å². The molecule has 122 valence electrons. The molecule has 0 aromatic carbocycles. The first kappa shape index (κ1) is 14.8. The summed E-state index contributed by atoms with van der Waals surface area (Å²) in [7, 11) is 0. The monoisotopic (exact) mass is 331 g/mol. The highest BCUT2D eigenvalue weighted by molar-refractivity contribution is 7.19. The van der Waals surface area contributed by atoms with Crippen molar-refractivity contribution in [2.45, 2.75) is 46.1 Å². The molecule has 1 aliphatic heterocycles. The third kappa shape index (κ3) is 2.48. The van der Waals surface area contributed by atoms with E-state index in [4.69, 9.17) is 9.72 Å². The van der Waals surface area contributed by atoms with Gasteiger partial charge >= 0.3 is 0 Å². The van der Waals surface area contributed by atoms with Gasteiger partial charge in [0.15, 0.2) is 5.65 Å². The van der Waals surface area contributed by atoms with Gasteiger partial charge in [-0.05, 0) is 38.7 Å². The molecule has 3 aromatic heterocycles. The summed E-state index contributed by atoms with van der Waals surface area (Å²) in [5.74, 6) is 1.52. The van der Waals surface area contributed by atoms with Crippen LogP contribution in [-0.2, 0) is 11.2 Å². The van der Waals surface area contributed by atoms with Crippen molar-refractivity contribution < 1.29 is 4.74 Å². The number of rotatable bonds is 4. The van der Waals surface area contributed by atoms with Gasteiger partial charge in [-0.3, -0.25) is 0 Å². The largest absolute Gasteiger partial charge is 0.376 e. The number of nitrogens with one attached hydrogen (secondary N) is 1. The van der Waals surface area contributed by atoms with Gasteiger partial charge in [-0.15, -0.1) is 16.4 Å². The SMILES string of the molecule is CCc1sc2nc(NCC3CCCO3)n3nc(C)nc3c2c1C. The highest BCUT2D eigenvalue weighted by Gasteiger charge is 2.20. The minimum atomic E-state index is 0.267. The Balaban J connectivity index is 1.81. The van der Waals surface area contributed by atoms with Gasteiger partial charge < -0.3 is 10.1 Å². The Morgan fingerprint density at radius 1 is 1.35 bits per heavy atom. The number of thiophene rings is 1. The second-order valence-electron chi connectivity index (χ2n) is 6.03. The molecule has 4 heterocycles. The van der Waals surface area contributed by atoms with Crippen LogP contribution < -0.4 is 5.32 Å². The van der Waals surface area contributed by atoms with Crippen molar-refractivity contribution in [3.8, 4) is 0 Å². The van der Waals surface area contributed by atoms with Crippen LogP contribution in [0.2, 0.25) is 0 Å². The van der Waals surface area contributed by atoms with E-state index in [9.17, 15) is 0 Å². The van der Waals surface area contributed by atoms with Crippen LogP contribution in [-0.4, -0.2) is 38.8 Å². The van der Waals surface area contributed by atoms with E-state index in [1.165, 1.54) is 10.4 Å². The Labute approximate surface area is 138 Å². The van der Waals surface area contributed by atoms with Crippen LogP contribution in [0.15, 0.2) is 0 Å². The fourth-order valence-corrected chi connectivity index (χ4v) is 4.33. The first-order chi connectivity index (χ1) is 11.2. The Morgan fingerprint density at radius 3 is 2.96 bits per heavy atom. The standard InChI is InChI=1S/C16H21N5OS/c1-4-12-9(2)13-14-18-10(3)20-21(14)16(19-15(13)23-12)17-8-11-6-5-7-22-11/h11H,4-8H2,1-3H3,(H,17,19). The van der Waals surface area contributed by atoms with Crippen LogP contribution >= 0.6 is 11.3 Å². The number of ether oxygens (including phenoxy) is 1. The molecule has 0 bridgehead atoms. The number of fused-ring (bicyclic) bond motifs is 3. The maximum atomic E-state index is 5.69. The van der Waals surface area contributed by atoms with Crippen molar-refractivity contribution in [2.24, 2.45) is 0 Å². The van der Waals surface area contributed by atoms with Crippen molar-refractivity contribution in [2.75, 3.05) is 18.5 Å². The summed E-state index contributed by atoms with van der Waals surface area (Å²) < 4.78 is 7.53. The zero-order valence-electron chi connectivity index (χ0n) is 13.7. The number of aromatic nitrogens is 4. The van der Waals surface area contributed by atoms with Crippen LogP contribution in [0.4, 0.5) is 5.95 Å². The predicted octanol–water partition coefficient (Wildman–Crippen LogP) is 3.11. The van der Waals surface area contributed by atoms with Crippen LogP contribution in [0, 0.1) is 13.8 Å². The fourth-order valence-electron chi connectivity index (χ4n) is 3.22. The maximum absolute atomic E-state index is 5.69. The lowest BCUT2D eigenvalue weighted by molar-refractivity contribution is 0.120. The lowest BCUT2D eigenvalue weighted by Crippen LogP contribution is -2.20. The van der Waals surface area contributed by atoms with E-state index in [1.807, 2.05) is 11.4 Å². The molecular weight excluding hydrogens is 310 g/mol. The number of nitrogens with zero attached hydrogens (tertiary/aromatic N) is 4. The molecule has 3 aromatic rings. The van der Waals surface area contributed by atoms with E-state index in [2.05, 4.69) is 29.2 Å². The molecule has 23 heavy (non-hydrogen) atoms. The van der Waals surface area contributed by atoms with Gasteiger partial charge in [0.2, 0.25) is 5.95 Å². The molecule has 6 nitrogen and oxygen atoms in total. The third-order valence-corrected chi connectivity index (χ3v) is 5.73. The molecule has 1 unspecified atom stereocenters. The summed E-state index contributed by atoms with van der Waals surface area (Å²) >= 11 is 1.76. The molecule has 0 saturated carbocycles. The summed E-state index contributed by atoms with van der Waals surface area (Å²) in [5.41, 5.74) is 2.18. The second kappa shape index (κ2) is 5.72. The molecular formula is C16H21N5OS. The highest BCUT2D eigenvalue weighted by atomic mass is 32.1. The zero-order valence-corrected chi connectivity index (χ0v) is 14.5. The lowest BCUT2D eigenvalue weighted by atomic mass is 10.2. The van der Waals surface area contributed by atoms with Crippen LogP contribution in [0.1, 0.15) is 36.0 Å². The molecule has 1 atom stereocenters. The van der Waals surface area contributed by atoms with E-state index >= 15 is 0 Å². The van der Waals surface area contributed by atoms with Crippen LogP contribution in [0.25, 0.3) is 15.9 Å². The minimum absolute atomic E-state index is 0.267. The number of anilines is 1. The van der Waals surface area contributed by atoms with Crippen molar-refractivity contribution in [3.05, 3.63) is 16.3 Å². The number of hydrogen-bond donors (Lipinski definition) is 1. The molecule has 0 spiro atoms. The first-order valence-electron chi connectivity index (χ1n) is 8.18. The Hall–Kier alpha value is -1.73. The highest BCUT2D eigenvalue weighted by Crippen LogP contribution is 2.33. The van der Waals surface area contributed by atoms with E-state index < -0.39 is 0 Å². The zero-order chi connectivity index (χ0) is 16.0. The third-order valence-electron chi connectivity index (χ3n) is 4.40. The molecule has 4 rings (SSSR count). The summed E-state index contributed by atoms with van der Waals surface area (Å²) in [5, 5.41) is 9.08. The summed E-state index contributed by atoms with van der Waals surface area (Å²) in [4.78, 5) is 11.9. The summed E-state index contributed by atoms with van der Waals surface area (Å²) in [6.45, 7) is 7.88. The average molecular weight is 331 g/mol. The van der Waals surface area contributed by atoms with Crippen molar-refractivity contribution in [3.63, 3.8) is 0 Å². The van der Waals surface area contributed by atoms with Gasteiger partial charge in [0.25, 0.3) is 0 Å². The van der Waals surface area contributed by atoms with Gasteiger partial charge in [0.05, 0.1) is 11.5 Å².